The maximum atomic E-state index is 9.61. The molecule has 1 aliphatic rings. The highest BCUT2D eigenvalue weighted by atomic mass is 16.7. The lowest BCUT2D eigenvalue weighted by atomic mass is 10.1. The second-order valence-electron chi connectivity index (χ2n) is 3.99. The van der Waals surface area contributed by atoms with Crippen molar-refractivity contribution in [2.24, 2.45) is 0 Å². The van der Waals surface area contributed by atoms with Gasteiger partial charge in [-0.1, -0.05) is 30.3 Å². The highest BCUT2D eigenvalue weighted by Gasteiger charge is 2.35. The molecule has 1 aromatic carbocycles. The van der Waals surface area contributed by atoms with Gasteiger partial charge in [0.15, 0.2) is 6.29 Å². The summed E-state index contributed by atoms with van der Waals surface area (Å²) >= 11 is 0. The van der Waals surface area contributed by atoms with Crippen LogP contribution in [0.1, 0.15) is 11.9 Å². The molecule has 5 heteroatoms. The predicted octanol–water partition coefficient (Wildman–Crippen LogP) is -0.185. The van der Waals surface area contributed by atoms with E-state index in [9.17, 15) is 10.2 Å². The minimum Gasteiger partial charge on any atom is -0.394 e. The zero-order chi connectivity index (χ0) is 12.3. The highest BCUT2D eigenvalue weighted by molar-refractivity contribution is 5.16. The monoisotopic (exact) mass is 240 g/mol. The van der Waals surface area contributed by atoms with Crippen molar-refractivity contribution in [3.8, 4) is 0 Å². The number of hydrogen-bond acceptors (Lipinski definition) is 5. The Morgan fingerprint density at radius 2 is 2.00 bits per heavy atom. The second-order valence-corrected chi connectivity index (χ2v) is 3.99. The van der Waals surface area contributed by atoms with Gasteiger partial charge in [0.05, 0.1) is 13.2 Å². The van der Waals surface area contributed by atoms with Crippen molar-refractivity contribution < 1.29 is 24.8 Å². The van der Waals surface area contributed by atoms with Crippen LogP contribution in [0, 0.1) is 0 Å². The average Bonchev–Trinajstić information content (AvgIpc) is 2.39. The summed E-state index contributed by atoms with van der Waals surface area (Å²) in [5, 5.41) is 28.0. The summed E-state index contributed by atoms with van der Waals surface area (Å²) in [5.74, 6) is 0. The second kappa shape index (κ2) is 5.57. The van der Waals surface area contributed by atoms with E-state index < -0.39 is 31.2 Å². The third-order valence-corrected chi connectivity index (χ3v) is 2.72. The van der Waals surface area contributed by atoms with Gasteiger partial charge < -0.3 is 24.8 Å². The fraction of sp³-hybridized carbons (Fsp3) is 0.500. The van der Waals surface area contributed by atoms with Crippen LogP contribution < -0.4 is 0 Å². The Morgan fingerprint density at radius 1 is 1.29 bits per heavy atom. The summed E-state index contributed by atoms with van der Waals surface area (Å²) in [6.07, 6.45) is -3.50. The van der Waals surface area contributed by atoms with Crippen molar-refractivity contribution in [1.29, 1.82) is 0 Å². The van der Waals surface area contributed by atoms with Gasteiger partial charge in [-0.15, -0.1) is 0 Å². The molecular formula is C12H16O5. The molecule has 0 amide bonds. The molecule has 0 unspecified atom stereocenters. The van der Waals surface area contributed by atoms with Gasteiger partial charge in [0, 0.05) is 5.56 Å². The molecule has 0 saturated carbocycles. The smallest absolute Gasteiger partial charge is 0.184 e. The van der Waals surface area contributed by atoms with Gasteiger partial charge in [0.25, 0.3) is 0 Å². The van der Waals surface area contributed by atoms with Crippen LogP contribution >= 0.6 is 0 Å². The van der Waals surface area contributed by atoms with Crippen molar-refractivity contribution in [3.05, 3.63) is 35.9 Å². The van der Waals surface area contributed by atoms with E-state index in [1.165, 1.54) is 0 Å². The van der Waals surface area contributed by atoms with Gasteiger partial charge in [0.1, 0.15) is 18.3 Å². The molecule has 2 rings (SSSR count). The Kier molecular flexibility index (Phi) is 4.09. The van der Waals surface area contributed by atoms with E-state index in [1.54, 1.807) is 0 Å². The van der Waals surface area contributed by atoms with E-state index in [4.69, 9.17) is 14.6 Å². The quantitative estimate of drug-likeness (QED) is 0.682. The Labute approximate surface area is 99.2 Å². The van der Waals surface area contributed by atoms with E-state index in [-0.39, 0.29) is 6.61 Å². The molecular weight excluding hydrogens is 224 g/mol. The first-order valence-electron chi connectivity index (χ1n) is 5.51. The third-order valence-electron chi connectivity index (χ3n) is 2.72. The van der Waals surface area contributed by atoms with Crippen LogP contribution in [0.15, 0.2) is 30.3 Å². The summed E-state index contributed by atoms with van der Waals surface area (Å²) in [6.45, 7) is -0.384. The lowest BCUT2D eigenvalue weighted by molar-refractivity contribution is -0.277. The molecule has 0 aromatic heterocycles. The van der Waals surface area contributed by atoms with Crippen molar-refractivity contribution >= 4 is 0 Å². The first-order chi connectivity index (χ1) is 8.22. The van der Waals surface area contributed by atoms with Crippen LogP contribution in [0.3, 0.4) is 0 Å². The van der Waals surface area contributed by atoms with E-state index in [0.29, 0.717) is 0 Å². The van der Waals surface area contributed by atoms with Crippen LogP contribution in [-0.4, -0.2) is 46.8 Å². The predicted molar refractivity (Wildman–Crippen MR) is 59.1 cm³/mol. The van der Waals surface area contributed by atoms with E-state index >= 15 is 0 Å². The molecule has 1 aromatic rings. The topological polar surface area (TPSA) is 79.2 Å². The largest absolute Gasteiger partial charge is 0.394 e. The maximum absolute atomic E-state index is 9.61. The maximum Gasteiger partial charge on any atom is 0.184 e. The van der Waals surface area contributed by atoms with Crippen LogP contribution in [-0.2, 0) is 9.47 Å². The number of aliphatic hydroxyl groups excluding tert-OH is 3. The Balaban J connectivity index is 2.08. The molecule has 0 aliphatic carbocycles. The third kappa shape index (κ3) is 2.83. The summed E-state index contributed by atoms with van der Waals surface area (Å²) < 4.78 is 10.8. The standard InChI is InChI=1S/C12H16O5/c13-6-9(14)11-10(15)7-16-12(17-11)8-4-2-1-3-5-8/h1-5,9-15H,6-7H2/t9-,10-,11-,12+/m0/s1. The average molecular weight is 240 g/mol. The molecule has 3 N–H and O–H groups in total. The van der Waals surface area contributed by atoms with Crippen molar-refractivity contribution in [1.82, 2.24) is 0 Å². The van der Waals surface area contributed by atoms with Gasteiger partial charge in [-0.05, 0) is 0 Å². The molecule has 0 bridgehead atoms. The summed E-state index contributed by atoms with van der Waals surface area (Å²) in [6, 6.07) is 9.26. The molecule has 1 heterocycles. The molecule has 0 spiro atoms. The number of rotatable bonds is 3. The summed E-state index contributed by atoms with van der Waals surface area (Å²) in [7, 11) is 0. The minimum atomic E-state index is -1.11. The SMILES string of the molecule is OC[C@H](O)[C@@H]1O[C@H](c2ccccc2)OC[C@@H]1O. The summed E-state index contributed by atoms with van der Waals surface area (Å²) in [5.41, 5.74) is 0.814. The van der Waals surface area contributed by atoms with Crippen molar-refractivity contribution in [2.75, 3.05) is 13.2 Å². The fourth-order valence-electron chi connectivity index (χ4n) is 1.79. The normalized spacial score (nSPS) is 31.1. The molecule has 17 heavy (non-hydrogen) atoms. The van der Waals surface area contributed by atoms with E-state index in [1.807, 2.05) is 30.3 Å². The Bertz CT molecular complexity index is 338. The van der Waals surface area contributed by atoms with Gasteiger partial charge in [-0.2, -0.15) is 0 Å². The number of benzene rings is 1. The van der Waals surface area contributed by atoms with Crippen LogP contribution in [0.4, 0.5) is 0 Å². The minimum absolute atomic E-state index is 0.0707. The molecule has 94 valence electrons. The van der Waals surface area contributed by atoms with Crippen LogP contribution in [0.25, 0.3) is 0 Å². The lowest BCUT2D eigenvalue weighted by Crippen LogP contribution is -2.48. The first-order valence-corrected chi connectivity index (χ1v) is 5.51. The van der Waals surface area contributed by atoms with Crippen molar-refractivity contribution in [3.63, 3.8) is 0 Å². The van der Waals surface area contributed by atoms with E-state index in [2.05, 4.69) is 0 Å². The molecule has 4 atom stereocenters. The van der Waals surface area contributed by atoms with Gasteiger partial charge in [-0.25, -0.2) is 0 Å². The fourth-order valence-corrected chi connectivity index (χ4v) is 1.79. The first kappa shape index (κ1) is 12.5. The molecule has 0 radical (unpaired) electrons. The molecule has 1 fully saturated rings. The molecule has 5 nitrogen and oxygen atoms in total. The number of ether oxygens (including phenoxy) is 2. The molecule has 1 aliphatic heterocycles. The molecule has 1 saturated heterocycles. The van der Waals surface area contributed by atoms with Gasteiger partial charge in [-0.3, -0.25) is 0 Å². The summed E-state index contributed by atoms with van der Waals surface area (Å²) in [4.78, 5) is 0. The van der Waals surface area contributed by atoms with Gasteiger partial charge in [0.2, 0.25) is 0 Å². The van der Waals surface area contributed by atoms with E-state index in [0.717, 1.165) is 5.56 Å². The zero-order valence-electron chi connectivity index (χ0n) is 9.27. The van der Waals surface area contributed by atoms with Gasteiger partial charge >= 0.3 is 0 Å². The highest BCUT2D eigenvalue weighted by Crippen LogP contribution is 2.27. The lowest BCUT2D eigenvalue weighted by Gasteiger charge is -2.36. The van der Waals surface area contributed by atoms with Crippen LogP contribution in [0.5, 0.6) is 0 Å². The van der Waals surface area contributed by atoms with Crippen LogP contribution in [0.2, 0.25) is 0 Å². The zero-order valence-corrected chi connectivity index (χ0v) is 9.27. The Morgan fingerprint density at radius 3 is 2.65 bits per heavy atom. The van der Waals surface area contributed by atoms with Crippen molar-refractivity contribution in [2.45, 2.75) is 24.6 Å². The number of hydrogen-bond donors (Lipinski definition) is 3. The number of aliphatic hydroxyl groups is 3. The Hall–Kier alpha value is -0.980.